The Hall–Kier alpha value is 0.310. The van der Waals surface area contributed by atoms with Gasteiger partial charge in [-0.2, -0.15) is 11.8 Å². The summed E-state index contributed by atoms with van der Waals surface area (Å²) in [6.07, 6.45) is 3.29. The van der Waals surface area contributed by atoms with Gasteiger partial charge in [0.05, 0.1) is 6.10 Å². The quantitative estimate of drug-likeness (QED) is 0.629. The van der Waals surface area contributed by atoms with Crippen molar-refractivity contribution in [3.63, 3.8) is 0 Å². The summed E-state index contributed by atoms with van der Waals surface area (Å²) in [5.74, 6) is 3.61. The first-order valence-corrected chi connectivity index (χ1v) is 6.93. The van der Waals surface area contributed by atoms with E-state index >= 15 is 0 Å². The predicted octanol–water partition coefficient (Wildman–Crippen LogP) is 3.56. The van der Waals surface area contributed by atoms with E-state index in [0.717, 1.165) is 24.5 Å². The van der Waals surface area contributed by atoms with Crippen molar-refractivity contribution in [2.24, 2.45) is 11.8 Å². The Morgan fingerprint density at radius 2 is 1.50 bits per heavy atom. The van der Waals surface area contributed by atoms with Gasteiger partial charge in [0.25, 0.3) is 0 Å². The third-order valence-corrected chi connectivity index (χ3v) is 3.37. The van der Waals surface area contributed by atoms with Gasteiger partial charge in [-0.1, -0.05) is 27.7 Å². The second-order valence-corrected chi connectivity index (χ2v) is 6.03. The van der Waals surface area contributed by atoms with Gasteiger partial charge in [-0.3, -0.25) is 0 Å². The predicted molar refractivity (Wildman–Crippen MR) is 66.9 cm³/mol. The third kappa shape index (κ3) is 10.4. The minimum atomic E-state index is -0.0884. The molecule has 86 valence electrons. The molecule has 0 radical (unpaired) electrons. The van der Waals surface area contributed by atoms with Gasteiger partial charge < -0.3 is 5.11 Å². The molecule has 0 bridgehead atoms. The van der Waals surface area contributed by atoms with E-state index in [1.807, 2.05) is 11.8 Å². The minimum absolute atomic E-state index is 0.0884. The molecule has 0 aromatic heterocycles. The molecule has 0 fully saturated rings. The molecule has 0 amide bonds. The molecule has 1 N–H and O–H groups in total. The van der Waals surface area contributed by atoms with Crippen LogP contribution in [0.5, 0.6) is 0 Å². The van der Waals surface area contributed by atoms with Crippen LogP contribution in [0.25, 0.3) is 0 Å². The van der Waals surface area contributed by atoms with Crippen LogP contribution < -0.4 is 0 Å². The van der Waals surface area contributed by atoms with E-state index in [2.05, 4.69) is 27.7 Å². The van der Waals surface area contributed by atoms with Crippen molar-refractivity contribution < 1.29 is 5.11 Å². The van der Waals surface area contributed by atoms with Gasteiger partial charge >= 0.3 is 0 Å². The highest BCUT2D eigenvalue weighted by Gasteiger charge is 2.05. The summed E-state index contributed by atoms with van der Waals surface area (Å²) in [6, 6.07) is 0. The van der Waals surface area contributed by atoms with Crippen molar-refractivity contribution in [2.75, 3.05) is 11.5 Å². The molecular formula is C12H26OS. The van der Waals surface area contributed by atoms with Gasteiger partial charge in [0, 0.05) is 5.75 Å². The van der Waals surface area contributed by atoms with Gasteiger partial charge in [0.1, 0.15) is 0 Å². The summed E-state index contributed by atoms with van der Waals surface area (Å²) in [5.41, 5.74) is 0. The molecule has 0 rings (SSSR count). The van der Waals surface area contributed by atoms with Crippen LogP contribution in [0, 0.1) is 11.8 Å². The van der Waals surface area contributed by atoms with E-state index in [1.54, 1.807) is 0 Å². The molecule has 0 aliphatic heterocycles. The SMILES string of the molecule is CC(C)CCSCC(O)CCC(C)C. The van der Waals surface area contributed by atoms with E-state index in [4.69, 9.17) is 0 Å². The van der Waals surface area contributed by atoms with E-state index in [0.29, 0.717) is 5.92 Å². The van der Waals surface area contributed by atoms with Crippen LogP contribution in [0.2, 0.25) is 0 Å². The number of thioether (sulfide) groups is 1. The largest absolute Gasteiger partial charge is 0.392 e. The second-order valence-electron chi connectivity index (χ2n) is 4.88. The standard InChI is InChI=1S/C12H26OS/c1-10(2)5-6-12(13)9-14-8-7-11(3)4/h10-13H,5-9H2,1-4H3. The second kappa shape index (κ2) is 8.60. The van der Waals surface area contributed by atoms with E-state index in [9.17, 15) is 5.11 Å². The van der Waals surface area contributed by atoms with Crippen molar-refractivity contribution in [3.8, 4) is 0 Å². The number of aliphatic hydroxyl groups is 1. The first-order valence-electron chi connectivity index (χ1n) is 5.78. The fraction of sp³-hybridized carbons (Fsp3) is 1.00. The molecule has 1 nitrogen and oxygen atoms in total. The maximum Gasteiger partial charge on any atom is 0.0630 e. The zero-order valence-electron chi connectivity index (χ0n) is 10.1. The lowest BCUT2D eigenvalue weighted by Crippen LogP contribution is -2.11. The summed E-state index contributed by atoms with van der Waals surface area (Å²) < 4.78 is 0. The van der Waals surface area contributed by atoms with Gasteiger partial charge in [-0.05, 0) is 36.9 Å². The number of hydrogen-bond acceptors (Lipinski definition) is 2. The van der Waals surface area contributed by atoms with Crippen LogP contribution in [0.4, 0.5) is 0 Å². The Bertz CT molecular complexity index is 123. The van der Waals surface area contributed by atoms with Crippen molar-refractivity contribution in [1.29, 1.82) is 0 Å². The van der Waals surface area contributed by atoms with Gasteiger partial charge in [-0.15, -0.1) is 0 Å². The molecule has 0 saturated heterocycles. The Morgan fingerprint density at radius 3 is 2.00 bits per heavy atom. The maximum absolute atomic E-state index is 9.64. The lowest BCUT2D eigenvalue weighted by Gasteiger charge is -2.12. The first-order chi connectivity index (χ1) is 6.52. The topological polar surface area (TPSA) is 20.2 Å². The highest BCUT2D eigenvalue weighted by Crippen LogP contribution is 2.13. The molecule has 14 heavy (non-hydrogen) atoms. The van der Waals surface area contributed by atoms with E-state index in [1.165, 1.54) is 12.2 Å². The van der Waals surface area contributed by atoms with Crippen molar-refractivity contribution in [3.05, 3.63) is 0 Å². The molecule has 0 spiro atoms. The van der Waals surface area contributed by atoms with Crippen LogP contribution in [0.1, 0.15) is 47.0 Å². The van der Waals surface area contributed by atoms with Crippen molar-refractivity contribution in [2.45, 2.75) is 53.1 Å². The molecular weight excluding hydrogens is 192 g/mol. The highest BCUT2D eigenvalue weighted by atomic mass is 32.2. The van der Waals surface area contributed by atoms with E-state index in [-0.39, 0.29) is 6.10 Å². The minimum Gasteiger partial charge on any atom is -0.392 e. The fourth-order valence-corrected chi connectivity index (χ4v) is 2.39. The van der Waals surface area contributed by atoms with Crippen LogP contribution in [-0.2, 0) is 0 Å². The van der Waals surface area contributed by atoms with Crippen LogP contribution >= 0.6 is 11.8 Å². The fourth-order valence-electron chi connectivity index (χ4n) is 1.15. The summed E-state index contributed by atoms with van der Waals surface area (Å²) in [7, 11) is 0. The molecule has 1 atom stereocenters. The zero-order chi connectivity index (χ0) is 11.0. The van der Waals surface area contributed by atoms with E-state index < -0.39 is 0 Å². The zero-order valence-corrected chi connectivity index (χ0v) is 10.9. The molecule has 0 aromatic carbocycles. The Morgan fingerprint density at radius 1 is 0.929 bits per heavy atom. The molecule has 0 saturated carbocycles. The molecule has 0 aliphatic carbocycles. The highest BCUT2D eigenvalue weighted by molar-refractivity contribution is 7.99. The lowest BCUT2D eigenvalue weighted by atomic mass is 10.1. The van der Waals surface area contributed by atoms with Crippen LogP contribution in [0.3, 0.4) is 0 Å². The van der Waals surface area contributed by atoms with Crippen LogP contribution in [0.15, 0.2) is 0 Å². The molecule has 0 aliphatic rings. The maximum atomic E-state index is 9.64. The number of hydrogen-bond donors (Lipinski definition) is 1. The number of rotatable bonds is 8. The molecule has 1 unspecified atom stereocenters. The van der Waals surface area contributed by atoms with Gasteiger partial charge in [-0.25, -0.2) is 0 Å². The molecule has 0 aromatic rings. The monoisotopic (exact) mass is 218 g/mol. The van der Waals surface area contributed by atoms with Gasteiger partial charge in [0.2, 0.25) is 0 Å². The molecule has 2 heteroatoms. The first kappa shape index (κ1) is 14.3. The van der Waals surface area contributed by atoms with Crippen LogP contribution in [-0.4, -0.2) is 22.7 Å². The summed E-state index contributed by atoms with van der Waals surface area (Å²) in [6.45, 7) is 8.91. The number of aliphatic hydroxyl groups excluding tert-OH is 1. The van der Waals surface area contributed by atoms with Gasteiger partial charge in [0.15, 0.2) is 0 Å². The van der Waals surface area contributed by atoms with Crippen molar-refractivity contribution in [1.82, 2.24) is 0 Å². The third-order valence-electron chi connectivity index (χ3n) is 2.23. The Balaban J connectivity index is 3.22. The summed E-state index contributed by atoms with van der Waals surface area (Å²) in [5, 5.41) is 9.64. The Kier molecular flexibility index (Phi) is 8.80. The summed E-state index contributed by atoms with van der Waals surface area (Å²) in [4.78, 5) is 0. The smallest absolute Gasteiger partial charge is 0.0630 e. The normalized spacial score (nSPS) is 13.9. The average Bonchev–Trinajstić information content (AvgIpc) is 2.08. The Labute approximate surface area is 93.7 Å². The summed E-state index contributed by atoms with van der Waals surface area (Å²) >= 11 is 1.89. The average molecular weight is 218 g/mol. The lowest BCUT2D eigenvalue weighted by molar-refractivity contribution is 0.180. The molecule has 0 heterocycles. The van der Waals surface area contributed by atoms with Crippen molar-refractivity contribution >= 4 is 11.8 Å².